The Balaban J connectivity index is 3.04. The van der Waals surface area contributed by atoms with Gasteiger partial charge in [0.1, 0.15) is 0 Å². The molecule has 302 valence electrons. The number of unbranched alkanes of at least 4 members (excludes halogenated alkanes) is 15. The molecule has 0 saturated heterocycles. The van der Waals surface area contributed by atoms with Crippen LogP contribution in [0.5, 0.6) is 0 Å². The van der Waals surface area contributed by atoms with Gasteiger partial charge in [-0.25, -0.2) is 0 Å². The molecule has 0 amide bonds. The molecule has 0 atom stereocenters. The maximum atomic E-state index is 5.68. The maximum absolute atomic E-state index is 5.68. The van der Waals surface area contributed by atoms with Gasteiger partial charge in [-0.1, -0.05) is 96.8 Å². The van der Waals surface area contributed by atoms with Crippen LogP contribution in [0.4, 0.5) is 0 Å². The van der Waals surface area contributed by atoms with Crippen LogP contribution in [0.15, 0.2) is 0 Å². The zero-order valence-corrected chi connectivity index (χ0v) is 33.1. The molecule has 0 aliphatic rings. The fourth-order valence-corrected chi connectivity index (χ4v) is 5.14. The summed E-state index contributed by atoms with van der Waals surface area (Å²) >= 11 is 5.66. The Labute approximate surface area is 312 Å². The van der Waals surface area contributed by atoms with Crippen molar-refractivity contribution in [3.8, 4) is 0 Å². The molecule has 0 fully saturated rings. The summed E-state index contributed by atoms with van der Waals surface area (Å²) in [4.78, 5) is 0. The average molecular weight is 744 g/mol. The highest BCUT2D eigenvalue weighted by molar-refractivity contribution is 6.17. The Morgan fingerprint density at radius 2 is 0.400 bits per heavy atom. The fourth-order valence-electron chi connectivity index (χ4n) is 4.96. The van der Waals surface area contributed by atoms with E-state index in [9.17, 15) is 0 Å². The van der Waals surface area contributed by atoms with Gasteiger partial charge in [0.05, 0.1) is 119 Å². The van der Waals surface area contributed by atoms with Gasteiger partial charge in [0.2, 0.25) is 0 Å². The van der Waals surface area contributed by atoms with Gasteiger partial charge >= 0.3 is 0 Å². The van der Waals surface area contributed by atoms with Crippen molar-refractivity contribution in [3.63, 3.8) is 0 Å². The number of rotatable bonds is 47. The standard InChI is InChI=1S/C39H79ClO10/c1-2-3-4-5-6-7-8-9-10-11-12-14-17-20-41-22-24-43-26-28-45-30-32-47-34-36-49-38-39-50-37-35-48-33-31-46-29-27-44-25-23-42-21-18-15-13-16-19-40/h2-39H2,1H3. The van der Waals surface area contributed by atoms with E-state index in [4.69, 9.17) is 59.0 Å². The second-order valence-corrected chi connectivity index (χ2v) is 12.8. The third-order valence-corrected chi connectivity index (χ3v) is 8.18. The Morgan fingerprint density at radius 3 is 0.620 bits per heavy atom. The van der Waals surface area contributed by atoms with E-state index in [0.29, 0.717) is 119 Å². The summed E-state index contributed by atoms with van der Waals surface area (Å²) in [6, 6.07) is 0. The van der Waals surface area contributed by atoms with Crippen LogP contribution in [0.3, 0.4) is 0 Å². The quantitative estimate of drug-likeness (QED) is 0.0451. The van der Waals surface area contributed by atoms with E-state index in [1.165, 1.54) is 89.9 Å². The smallest absolute Gasteiger partial charge is 0.0701 e. The Kier molecular flexibility index (Phi) is 48.8. The minimum Gasteiger partial charge on any atom is -0.379 e. The van der Waals surface area contributed by atoms with Gasteiger partial charge in [-0.3, -0.25) is 0 Å². The molecule has 0 spiro atoms. The molecule has 0 aliphatic carbocycles. The third-order valence-electron chi connectivity index (χ3n) is 7.91. The molecule has 0 rings (SSSR count). The number of hydrogen-bond donors (Lipinski definition) is 0. The van der Waals surface area contributed by atoms with Crippen molar-refractivity contribution < 1.29 is 47.4 Å². The van der Waals surface area contributed by atoms with Gasteiger partial charge in [0.15, 0.2) is 0 Å². The lowest BCUT2D eigenvalue weighted by molar-refractivity contribution is -0.0264. The molecule has 0 saturated carbocycles. The molecule has 0 heterocycles. The summed E-state index contributed by atoms with van der Waals surface area (Å²) in [6.45, 7) is 14.0. The first-order valence-electron chi connectivity index (χ1n) is 20.2. The molecule has 11 heteroatoms. The van der Waals surface area contributed by atoms with E-state index in [0.717, 1.165) is 38.4 Å². The van der Waals surface area contributed by atoms with Crippen LogP contribution in [0.1, 0.15) is 116 Å². The lowest BCUT2D eigenvalue weighted by Gasteiger charge is -2.09. The molecule has 0 aromatic rings. The van der Waals surface area contributed by atoms with Crippen molar-refractivity contribution in [3.05, 3.63) is 0 Å². The number of alkyl halides is 1. The predicted octanol–water partition coefficient (Wildman–Crippen LogP) is 8.04. The second kappa shape index (κ2) is 48.9. The van der Waals surface area contributed by atoms with Gasteiger partial charge < -0.3 is 47.4 Å². The van der Waals surface area contributed by atoms with Crippen molar-refractivity contribution in [2.24, 2.45) is 0 Å². The minimum atomic E-state index is 0.530. The lowest BCUT2D eigenvalue weighted by atomic mass is 10.0. The van der Waals surface area contributed by atoms with Crippen molar-refractivity contribution in [2.75, 3.05) is 138 Å². The van der Waals surface area contributed by atoms with Crippen LogP contribution in [-0.4, -0.2) is 138 Å². The summed E-state index contributed by atoms with van der Waals surface area (Å²) in [6.07, 6.45) is 22.3. The Morgan fingerprint density at radius 1 is 0.220 bits per heavy atom. The number of halogens is 1. The van der Waals surface area contributed by atoms with E-state index in [2.05, 4.69) is 6.92 Å². The lowest BCUT2D eigenvalue weighted by Crippen LogP contribution is -2.15. The molecule has 0 N–H and O–H groups in total. The van der Waals surface area contributed by atoms with Crippen LogP contribution < -0.4 is 0 Å². The minimum absolute atomic E-state index is 0.530. The average Bonchev–Trinajstić information content (AvgIpc) is 3.13. The molecular formula is C39H79ClO10. The SMILES string of the molecule is CCCCCCCCCCCCCCCOCCOCCOCCOCCOCCOCCOCCOCCOCCOCCCCCCCl. The van der Waals surface area contributed by atoms with Crippen molar-refractivity contribution in [1.29, 1.82) is 0 Å². The van der Waals surface area contributed by atoms with E-state index in [1.54, 1.807) is 0 Å². The third kappa shape index (κ3) is 47.9. The topological polar surface area (TPSA) is 92.3 Å². The van der Waals surface area contributed by atoms with Crippen LogP contribution in [0.25, 0.3) is 0 Å². The van der Waals surface area contributed by atoms with Gasteiger partial charge in [0, 0.05) is 19.1 Å². The Hall–Kier alpha value is -0.110. The first-order chi connectivity index (χ1) is 24.9. The highest BCUT2D eigenvalue weighted by Gasteiger charge is 1.98. The van der Waals surface area contributed by atoms with Gasteiger partial charge in [-0.15, -0.1) is 11.6 Å². The summed E-state index contributed by atoms with van der Waals surface area (Å²) in [5.74, 6) is 0.747. The largest absolute Gasteiger partial charge is 0.379 e. The molecule has 50 heavy (non-hydrogen) atoms. The van der Waals surface area contributed by atoms with Crippen LogP contribution in [0.2, 0.25) is 0 Å². The number of ether oxygens (including phenoxy) is 10. The van der Waals surface area contributed by atoms with Crippen molar-refractivity contribution >= 4 is 11.6 Å². The first kappa shape index (κ1) is 49.9. The summed E-state index contributed by atoms with van der Waals surface area (Å²) < 4.78 is 55.4. The monoisotopic (exact) mass is 743 g/mol. The molecule has 0 unspecified atom stereocenters. The molecule has 0 radical (unpaired) electrons. The van der Waals surface area contributed by atoms with Crippen LogP contribution >= 0.6 is 11.6 Å². The number of hydrogen-bond acceptors (Lipinski definition) is 10. The highest BCUT2D eigenvalue weighted by atomic mass is 35.5. The molecule has 0 aromatic carbocycles. The normalized spacial score (nSPS) is 11.6. The molecular weight excluding hydrogens is 664 g/mol. The zero-order chi connectivity index (χ0) is 35.9. The predicted molar refractivity (Wildman–Crippen MR) is 203 cm³/mol. The van der Waals surface area contributed by atoms with Crippen LogP contribution in [0, 0.1) is 0 Å². The molecule has 10 nitrogen and oxygen atoms in total. The van der Waals surface area contributed by atoms with E-state index in [-0.39, 0.29) is 0 Å². The summed E-state index contributed by atoms with van der Waals surface area (Å²) in [7, 11) is 0. The van der Waals surface area contributed by atoms with Crippen molar-refractivity contribution in [1.82, 2.24) is 0 Å². The summed E-state index contributed by atoms with van der Waals surface area (Å²) in [5, 5.41) is 0. The Bertz CT molecular complexity index is 531. The maximum Gasteiger partial charge on any atom is 0.0701 e. The fraction of sp³-hybridized carbons (Fsp3) is 1.00. The zero-order valence-electron chi connectivity index (χ0n) is 32.3. The summed E-state index contributed by atoms with van der Waals surface area (Å²) in [5.41, 5.74) is 0. The van der Waals surface area contributed by atoms with Gasteiger partial charge in [-0.05, 0) is 19.3 Å². The van der Waals surface area contributed by atoms with Crippen LogP contribution in [-0.2, 0) is 47.4 Å². The van der Waals surface area contributed by atoms with E-state index >= 15 is 0 Å². The van der Waals surface area contributed by atoms with Gasteiger partial charge in [-0.2, -0.15) is 0 Å². The molecule has 0 aromatic heterocycles. The first-order valence-corrected chi connectivity index (χ1v) is 20.8. The van der Waals surface area contributed by atoms with Gasteiger partial charge in [0.25, 0.3) is 0 Å². The highest BCUT2D eigenvalue weighted by Crippen LogP contribution is 2.12. The van der Waals surface area contributed by atoms with E-state index < -0.39 is 0 Å². The second-order valence-electron chi connectivity index (χ2n) is 12.5. The van der Waals surface area contributed by atoms with Crippen molar-refractivity contribution in [2.45, 2.75) is 116 Å². The molecule has 0 aliphatic heterocycles. The van der Waals surface area contributed by atoms with E-state index in [1.807, 2.05) is 0 Å². The molecule has 0 bridgehead atoms.